The van der Waals surface area contributed by atoms with Gasteiger partial charge in [-0.2, -0.15) is 0 Å². The fourth-order valence-electron chi connectivity index (χ4n) is 3.57. The van der Waals surface area contributed by atoms with Gasteiger partial charge in [-0.25, -0.2) is 0 Å². The van der Waals surface area contributed by atoms with E-state index in [4.69, 9.17) is 5.73 Å². The Morgan fingerprint density at radius 1 is 1.32 bits per heavy atom. The highest BCUT2D eigenvalue weighted by atomic mass is 14.8. The van der Waals surface area contributed by atoms with E-state index >= 15 is 0 Å². The minimum atomic E-state index is -0.120. The van der Waals surface area contributed by atoms with Gasteiger partial charge < -0.3 is 5.73 Å². The molecule has 1 aromatic rings. The zero-order valence-corrected chi connectivity index (χ0v) is 12.9. The van der Waals surface area contributed by atoms with Crippen molar-refractivity contribution in [2.45, 2.75) is 58.9 Å². The Bertz CT molecular complexity index is 423. The van der Waals surface area contributed by atoms with Crippen LogP contribution in [0, 0.1) is 17.8 Å². The Balaban J connectivity index is 2.29. The Morgan fingerprint density at radius 3 is 2.74 bits per heavy atom. The summed E-state index contributed by atoms with van der Waals surface area (Å²) < 4.78 is 0. The highest BCUT2D eigenvalue weighted by Gasteiger charge is 2.39. The van der Waals surface area contributed by atoms with Crippen molar-refractivity contribution >= 4 is 0 Å². The second-order valence-corrected chi connectivity index (χ2v) is 7.00. The maximum Gasteiger partial charge on any atom is 0.0438 e. The molecule has 2 N–H and O–H groups in total. The molecule has 0 spiro atoms. The molecular formula is C18H29N. The van der Waals surface area contributed by atoms with Gasteiger partial charge in [0.2, 0.25) is 0 Å². The van der Waals surface area contributed by atoms with E-state index in [1.807, 2.05) is 0 Å². The molecule has 0 radical (unpaired) electrons. The Morgan fingerprint density at radius 2 is 2.05 bits per heavy atom. The fourth-order valence-corrected chi connectivity index (χ4v) is 3.57. The molecule has 2 rings (SSSR count). The van der Waals surface area contributed by atoms with Crippen LogP contribution in [0.25, 0.3) is 0 Å². The largest absolute Gasteiger partial charge is 0.321 e. The first-order valence-electron chi connectivity index (χ1n) is 7.82. The number of nitrogens with two attached hydrogens (primary N) is 1. The molecule has 3 unspecified atom stereocenters. The SMILES string of the molecule is CC(C)Cc1cccc(C2(N)CCCC(C)C2C)c1. The summed E-state index contributed by atoms with van der Waals surface area (Å²) in [6, 6.07) is 9.02. The molecule has 0 aromatic heterocycles. The summed E-state index contributed by atoms with van der Waals surface area (Å²) in [4.78, 5) is 0. The summed E-state index contributed by atoms with van der Waals surface area (Å²) in [5, 5.41) is 0. The summed E-state index contributed by atoms with van der Waals surface area (Å²) in [5.41, 5.74) is 9.48. The predicted octanol–water partition coefficient (Wildman–Crippen LogP) is 4.50. The van der Waals surface area contributed by atoms with Crippen LogP contribution < -0.4 is 5.73 Å². The van der Waals surface area contributed by atoms with Gasteiger partial charge in [0.1, 0.15) is 0 Å². The van der Waals surface area contributed by atoms with Gasteiger partial charge >= 0.3 is 0 Å². The smallest absolute Gasteiger partial charge is 0.0438 e. The maximum absolute atomic E-state index is 6.81. The van der Waals surface area contributed by atoms with Gasteiger partial charge in [-0.3, -0.25) is 0 Å². The van der Waals surface area contributed by atoms with Crippen molar-refractivity contribution in [3.63, 3.8) is 0 Å². The average Bonchev–Trinajstić information content (AvgIpc) is 2.35. The number of hydrogen-bond acceptors (Lipinski definition) is 1. The van der Waals surface area contributed by atoms with Gasteiger partial charge in [0, 0.05) is 5.54 Å². The highest BCUT2D eigenvalue weighted by Crippen LogP contribution is 2.42. The van der Waals surface area contributed by atoms with E-state index < -0.39 is 0 Å². The summed E-state index contributed by atoms with van der Waals surface area (Å²) in [5.74, 6) is 2.00. The fraction of sp³-hybridized carbons (Fsp3) is 0.667. The molecule has 3 atom stereocenters. The van der Waals surface area contributed by atoms with Crippen LogP contribution in [0.3, 0.4) is 0 Å². The Kier molecular flexibility index (Phi) is 4.35. The predicted molar refractivity (Wildman–Crippen MR) is 83.0 cm³/mol. The molecule has 19 heavy (non-hydrogen) atoms. The van der Waals surface area contributed by atoms with Gasteiger partial charge in [0.05, 0.1) is 0 Å². The summed E-state index contributed by atoms with van der Waals surface area (Å²) in [6.45, 7) is 9.23. The van der Waals surface area contributed by atoms with Crippen molar-refractivity contribution in [3.05, 3.63) is 35.4 Å². The van der Waals surface area contributed by atoms with E-state index in [1.165, 1.54) is 24.0 Å². The second kappa shape index (κ2) is 5.66. The quantitative estimate of drug-likeness (QED) is 0.850. The van der Waals surface area contributed by atoms with E-state index in [-0.39, 0.29) is 5.54 Å². The summed E-state index contributed by atoms with van der Waals surface area (Å²) in [7, 11) is 0. The molecule has 0 aliphatic heterocycles. The van der Waals surface area contributed by atoms with Crippen LogP contribution >= 0.6 is 0 Å². The second-order valence-electron chi connectivity index (χ2n) is 7.00. The van der Waals surface area contributed by atoms with Crippen LogP contribution in [0.2, 0.25) is 0 Å². The number of hydrogen-bond donors (Lipinski definition) is 1. The monoisotopic (exact) mass is 259 g/mol. The Labute approximate surface area is 118 Å². The normalized spacial score (nSPS) is 31.7. The molecule has 1 aromatic carbocycles. The van der Waals surface area contributed by atoms with Gasteiger partial charge in [-0.05, 0) is 41.7 Å². The van der Waals surface area contributed by atoms with Crippen molar-refractivity contribution in [1.29, 1.82) is 0 Å². The first-order chi connectivity index (χ1) is 8.93. The van der Waals surface area contributed by atoms with Crippen molar-refractivity contribution in [1.82, 2.24) is 0 Å². The molecule has 1 saturated carbocycles. The molecule has 106 valence electrons. The minimum Gasteiger partial charge on any atom is -0.321 e. The number of benzene rings is 1. The third-order valence-corrected chi connectivity index (χ3v) is 5.02. The van der Waals surface area contributed by atoms with Crippen LogP contribution in [0.4, 0.5) is 0 Å². The van der Waals surface area contributed by atoms with Gasteiger partial charge in [-0.1, -0.05) is 64.8 Å². The van der Waals surface area contributed by atoms with E-state index in [0.29, 0.717) is 11.8 Å². The molecular weight excluding hydrogens is 230 g/mol. The third-order valence-electron chi connectivity index (χ3n) is 5.02. The molecule has 0 heterocycles. The number of rotatable bonds is 3. The molecule has 1 heteroatoms. The zero-order chi connectivity index (χ0) is 14.0. The summed E-state index contributed by atoms with van der Waals surface area (Å²) >= 11 is 0. The lowest BCUT2D eigenvalue weighted by atomic mass is 9.65. The van der Waals surface area contributed by atoms with Gasteiger partial charge in [0.25, 0.3) is 0 Å². The van der Waals surface area contributed by atoms with E-state index in [9.17, 15) is 0 Å². The zero-order valence-electron chi connectivity index (χ0n) is 12.9. The minimum absolute atomic E-state index is 0.120. The van der Waals surface area contributed by atoms with Crippen LogP contribution in [0.1, 0.15) is 58.1 Å². The molecule has 1 nitrogen and oxygen atoms in total. The van der Waals surface area contributed by atoms with E-state index in [0.717, 1.165) is 18.8 Å². The molecule has 1 fully saturated rings. The average molecular weight is 259 g/mol. The topological polar surface area (TPSA) is 26.0 Å². The summed E-state index contributed by atoms with van der Waals surface area (Å²) in [6.07, 6.45) is 4.86. The van der Waals surface area contributed by atoms with Gasteiger partial charge in [0.15, 0.2) is 0 Å². The van der Waals surface area contributed by atoms with Crippen LogP contribution in [0.15, 0.2) is 24.3 Å². The lowest BCUT2D eigenvalue weighted by Crippen LogP contribution is -2.48. The van der Waals surface area contributed by atoms with E-state index in [2.05, 4.69) is 52.0 Å². The van der Waals surface area contributed by atoms with Gasteiger partial charge in [-0.15, -0.1) is 0 Å². The van der Waals surface area contributed by atoms with E-state index in [1.54, 1.807) is 0 Å². The van der Waals surface area contributed by atoms with Crippen molar-refractivity contribution < 1.29 is 0 Å². The lowest BCUT2D eigenvalue weighted by Gasteiger charge is -2.44. The Hall–Kier alpha value is -0.820. The highest BCUT2D eigenvalue weighted by molar-refractivity contribution is 5.31. The standard InChI is InChI=1S/C18H29N/c1-13(2)11-16-8-5-9-17(12-16)18(19)10-6-7-14(3)15(18)4/h5,8-9,12-15H,6-7,10-11,19H2,1-4H3. The van der Waals surface area contributed by atoms with Crippen LogP contribution in [-0.4, -0.2) is 0 Å². The maximum atomic E-state index is 6.81. The molecule has 1 aliphatic rings. The third kappa shape index (κ3) is 3.02. The van der Waals surface area contributed by atoms with Crippen LogP contribution in [-0.2, 0) is 12.0 Å². The first-order valence-corrected chi connectivity index (χ1v) is 7.82. The first kappa shape index (κ1) is 14.6. The molecule has 1 aliphatic carbocycles. The lowest BCUT2D eigenvalue weighted by molar-refractivity contribution is 0.143. The van der Waals surface area contributed by atoms with Crippen LogP contribution in [0.5, 0.6) is 0 Å². The van der Waals surface area contributed by atoms with Crippen molar-refractivity contribution in [2.75, 3.05) is 0 Å². The van der Waals surface area contributed by atoms with Crippen molar-refractivity contribution in [2.24, 2.45) is 23.5 Å². The van der Waals surface area contributed by atoms with Crippen molar-refractivity contribution in [3.8, 4) is 0 Å². The molecule has 0 bridgehead atoms. The molecule has 0 amide bonds. The molecule has 0 saturated heterocycles.